The SMILES string of the molecule is CC(=O)N(c1ccc(C(F)(F)F)c(Cl)n1)N1C(=O)C=C(C)C1=O. The van der Waals surface area contributed by atoms with Gasteiger partial charge in [-0.15, -0.1) is 0 Å². The Morgan fingerprint density at radius 3 is 2.30 bits per heavy atom. The summed E-state index contributed by atoms with van der Waals surface area (Å²) in [5, 5.41) is 0.165. The molecular formula is C13H9ClF3N3O3. The topological polar surface area (TPSA) is 70.6 Å². The van der Waals surface area contributed by atoms with Crippen LogP contribution < -0.4 is 5.01 Å². The van der Waals surface area contributed by atoms with E-state index in [-0.39, 0.29) is 11.4 Å². The molecule has 0 saturated carbocycles. The number of nitrogens with zero attached hydrogens (tertiary/aromatic N) is 3. The van der Waals surface area contributed by atoms with Gasteiger partial charge in [-0.25, -0.2) is 4.98 Å². The molecule has 1 aliphatic rings. The first-order chi connectivity index (χ1) is 10.5. The Morgan fingerprint density at radius 1 is 1.30 bits per heavy atom. The van der Waals surface area contributed by atoms with Crippen molar-refractivity contribution in [2.24, 2.45) is 0 Å². The average molecular weight is 348 g/mol. The van der Waals surface area contributed by atoms with Gasteiger partial charge < -0.3 is 0 Å². The van der Waals surface area contributed by atoms with E-state index < -0.39 is 34.6 Å². The van der Waals surface area contributed by atoms with E-state index in [0.717, 1.165) is 19.1 Å². The standard InChI is InChI=1S/C13H9ClF3N3O3/c1-6-5-10(22)20(12(6)23)19(7(2)21)9-4-3-8(11(14)18-9)13(15,16)17/h3-5H,1-2H3. The maximum absolute atomic E-state index is 12.7. The van der Waals surface area contributed by atoms with Crippen molar-refractivity contribution < 1.29 is 27.6 Å². The van der Waals surface area contributed by atoms with E-state index in [2.05, 4.69) is 4.98 Å². The van der Waals surface area contributed by atoms with Crippen LogP contribution >= 0.6 is 11.6 Å². The van der Waals surface area contributed by atoms with Gasteiger partial charge >= 0.3 is 6.18 Å². The van der Waals surface area contributed by atoms with Gasteiger partial charge in [0.05, 0.1) is 5.56 Å². The van der Waals surface area contributed by atoms with Crippen molar-refractivity contribution in [2.75, 3.05) is 5.01 Å². The van der Waals surface area contributed by atoms with Crippen LogP contribution in [0.1, 0.15) is 19.4 Å². The third-order valence-corrected chi connectivity index (χ3v) is 3.22. The van der Waals surface area contributed by atoms with Gasteiger partial charge in [-0.05, 0) is 19.1 Å². The Bertz CT molecular complexity index is 746. The molecule has 0 N–H and O–H groups in total. The minimum atomic E-state index is -4.72. The second-order valence-electron chi connectivity index (χ2n) is 4.62. The molecule has 1 aromatic rings. The molecule has 3 amide bonds. The Morgan fingerprint density at radius 2 is 1.91 bits per heavy atom. The molecule has 0 spiro atoms. The zero-order valence-corrected chi connectivity index (χ0v) is 12.6. The summed E-state index contributed by atoms with van der Waals surface area (Å²) in [5.41, 5.74) is -1.11. The maximum atomic E-state index is 12.7. The second-order valence-corrected chi connectivity index (χ2v) is 4.98. The molecule has 2 heterocycles. The number of halogens is 4. The van der Waals surface area contributed by atoms with Gasteiger partial charge in [0.2, 0.25) is 5.91 Å². The maximum Gasteiger partial charge on any atom is 0.419 e. The molecule has 10 heteroatoms. The van der Waals surface area contributed by atoms with Crippen molar-refractivity contribution in [3.05, 3.63) is 34.5 Å². The summed E-state index contributed by atoms with van der Waals surface area (Å²) in [6, 6.07) is 1.47. The molecule has 0 bridgehead atoms. The molecule has 0 atom stereocenters. The number of alkyl halides is 3. The molecule has 0 unspecified atom stereocenters. The smallest absolute Gasteiger partial charge is 0.273 e. The van der Waals surface area contributed by atoms with Crippen molar-refractivity contribution >= 4 is 35.1 Å². The number of hydrogen-bond acceptors (Lipinski definition) is 4. The number of imide groups is 1. The van der Waals surface area contributed by atoms with Gasteiger partial charge in [-0.1, -0.05) is 11.6 Å². The normalized spacial score (nSPS) is 15.0. The van der Waals surface area contributed by atoms with Crippen molar-refractivity contribution in [1.29, 1.82) is 0 Å². The lowest BCUT2D eigenvalue weighted by atomic mass is 10.2. The molecular weight excluding hydrogens is 339 g/mol. The van der Waals surface area contributed by atoms with Gasteiger partial charge in [0, 0.05) is 18.6 Å². The molecule has 122 valence electrons. The lowest BCUT2D eigenvalue weighted by molar-refractivity contribution is -0.142. The molecule has 1 aromatic heterocycles. The quantitative estimate of drug-likeness (QED) is 0.608. The fourth-order valence-electron chi connectivity index (χ4n) is 1.92. The van der Waals surface area contributed by atoms with Crippen LogP contribution in [0.4, 0.5) is 19.0 Å². The number of hydrazine groups is 1. The van der Waals surface area contributed by atoms with Crippen molar-refractivity contribution in [3.8, 4) is 0 Å². The summed E-state index contributed by atoms with van der Waals surface area (Å²) in [7, 11) is 0. The highest BCUT2D eigenvalue weighted by molar-refractivity contribution is 6.30. The Kier molecular flexibility index (Phi) is 4.16. The number of rotatable bonds is 2. The van der Waals surface area contributed by atoms with E-state index in [4.69, 9.17) is 11.6 Å². The van der Waals surface area contributed by atoms with E-state index in [1.54, 1.807) is 0 Å². The van der Waals surface area contributed by atoms with Crippen LogP contribution in [-0.4, -0.2) is 27.7 Å². The highest BCUT2D eigenvalue weighted by atomic mass is 35.5. The first-order valence-corrected chi connectivity index (χ1v) is 6.53. The highest BCUT2D eigenvalue weighted by Crippen LogP contribution is 2.35. The lowest BCUT2D eigenvalue weighted by Crippen LogP contribution is -2.50. The molecule has 0 fully saturated rings. The summed E-state index contributed by atoms with van der Waals surface area (Å²) in [6.07, 6.45) is -3.72. The van der Waals surface area contributed by atoms with Crippen molar-refractivity contribution in [1.82, 2.24) is 9.99 Å². The minimum Gasteiger partial charge on any atom is -0.273 e. The van der Waals surface area contributed by atoms with Crippen LogP contribution in [0.15, 0.2) is 23.8 Å². The summed E-state index contributed by atoms with van der Waals surface area (Å²) < 4.78 is 38.1. The van der Waals surface area contributed by atoms with Crippen LogP contribution in [0.3, 0.4) is 0 Å². The largest absolute Gasteiger partial charge is 0.419 e. The number of pyridine rings is 1. The molecule has 0 saturated heterocycles. The van der Waals surface area contributed by atoms with Crippen LogP contribution in [-0.2, 0) is 20.6 Å². The van der Waals surface area contributed by atoms with E-state index >= 15 is 0 Å². The summed E-state index contributed by atoms with van der Waals surface area (Å²) in [4.78, 5) is 39.0. The molecule has 6 nitrogen and oxygen atoms in total. The van der Waals surface area contributed by atoms with E-state index in [0.29, 0.717) is 16.1 Å². The number of aromatic nitrogens is 1. The summed E-state index contributed by atoms with van der Waals surface area (Å²) in [6.45, 7) is 2.40. The molecule has 0 aliphatic carbocycles. The van der Waals surface area contributed by atoms with Crippen LogP contribution in [0.5, 0.6) is 0 Å². The van der Waals surface area contributed by atoms with Crippen molar-refractivity contribution in [2.45, 2.75) is 20.0 Å². The van der Waals surface area contributed by atoms with Crippen molar-refractivity contribution in [3.63, 3.8) is 0 Å². The Hall–Kier alpha value is -2.42. The molecule has 2 rings (SSSR count). The first-order valence-electron chi connectivity index (χ1n) is 6.15. The second kappa shape index (κ2) is 5.65. The molecule has 1 aliphatic heterocycles. The van der Waals surface area contributed by atoms with Gasteiger partial charge in [0.1, 0.15) is 5.15 Å². The fraction of sp³-hybridized carbons (Fsp3) is 0.231. The van der Waals surface area contributed by atoms with E-state index in [9.17, 15) is 27.6 Å². The van der Waals surface area contributed by atoms with Crippen LogP contribution in [0, 0.1) is 0 Å². The number of carbonyl (C=O) groups excluding carboxylic acids is 3. The predicted octanol–water partition coefficient (Wildman–Crippen LogP) is 2.34. The fourth-order valence-corrected chi connectivity index (χ4v) is 2.18. The zero-order chi connectivity index (χ0) is 17.5. The molecule has 0 aromatic carbocycles. The monoisotopic (exact) mass is 347 g/mol. The highest BCUT2D eigenvalue weighted by Gasteiger charge is 2.38. The summed E-state index contributed by atoms with van der Waals surface area (Å²) >= 11 is 5.50. The minimum absolute atomic E-state index is 0.0826. The number of hydrogen-bond donors (Lipinski definition) is 0. The lowest BCUT2D eigenvalue weighted by Gasteiger charge is -2.28. The van der Waals surface area contributed by atoms with Gasteiger partial charge in [0.25, 0.3) is 11.8 Å². The van der Waals surface area contributed by atoms with Crippen LogP contribution in [0.2, 0.25) is 5.15 Å². The number of anilines is 1. The van der Waals surface area contributed by atoms with Gasteiger partial charge in [-0.3, -0.25) is 14.4 Å². The third kappa shape index (κ3) is 3.04. The number of carbonyl (C=O) groups is 3. The zero-order valence-electron chi connectivity index (χ0n) is 11.8. The average Bonchev–Trinajstić information content (AvgIpc) is 2.64. The van der Waals surface area contributed by atoms with E-state index in [1.807, 2.05) is 0 Å². The summed E-state index contributed by atoms with van der Waals surface area (Å²) in [5.74, 6) is -2.75. The van der Waals surface area contributed by atoms with Gasteiger partial charge in [0.15, 0.2) is 5.82 Å². The Balaban J connectivity index is 2.49. The van der Waals surface area contributed by atoms with Crippen LogP contribution in [0.25, 0.3) is 0 Å². The Labute approximate surface area is 133 Å². The molecule has 23 heavy (non-hydrogen) atoms. The predicted molar refractivity (Wildman–Crippen MR) is 73.0 cm³/mol. The van der Waals surface area contributed by atoms with Gasteiger partial charge in [-0.2, -0.15) is 23.2 Å². The first kappa shape index (κ1) is 16.9. The number of amides is 3. The van der Waals surface area contributed by atoms with E-state index in [1.165, 1.54) is 6.92 Å². The third-order valence-electron chi connectivity index (χ3n) is 2.93. The molecule has 0 radical (unpaired) electrons.